The molecule has 1 atom stereocenters. The van der Waals surface area contributed by atoms with E-state index in [0.29, 0.717) is 6.61 Å². The van der Waals surface area contributed by atoms with Gasteiger partial charge in [-0.3, -0.25) is 0 Å². The minimum absolute atomic E-state index is 0.178. The van der Waals surface area contributed by atoms with Crippen molar-refractivity contribution < 1.29 is 24.3 Å². The standard InChI is InChI=1S/C19H20BrNO4/c1-3-23-16-6-11-4-5-21-19(12(11)7-15(16)22-2)13-8-17-18(9-14(13)20)25-10-24-17/h6-9,19,21H,3-5,10H2,1-2H3/p+1/t19-/m1/s1. The summed E-state index contributed by atoms with van der Waals surface area (Å²) in [4.78, 5) is 0. The van der Waals surface area contributed by atoms with E-state index >= 15 is 0 Å². The van der Waals surface area contributed by atoms with Gasteiger partial charge in [0.25, 0.3) is 0 Å². The van der Waals surface area contributed by atoms with Crippen LogP contribution in [-0.4, -0.2) is 27.1 Å². The Labute approximate surface area is 155 Å². The zero-order valence-electron chi connectivity index (χ0n) is 14.3. The third kappa shape index (κ3) is 2.93. The summed E-state index contributed by atoms with van der Waals surface area (Å²) in [5.41, 5.74) is 3.74. The van der Waals surface area contributed by atoms with E-state index < -0.39 is 0 Å². The lowest BCUT2D eigenvalue weighted by atomic mass is 9.89. The highest BCUT2D eigenvalue weighted by atomic mass is 79.9. The van der Waals surface area contributed by atoms with E-state index in [0.717, 1.165) is 40.4 Å². The Kier molecular flexibility index (Phi) is 4.48. The molecule has 0 amide bonds. The summed E-state index contributed by atoms with van der Waals surface area (Å²) in [5.74, 6) is 3.18. The van der Waals surface area contributed by atoms with Crippen LogP contribution in [0.2, 0.25) is 0 Å². The van der Waals surface area contributed by atoms with E-state index in [-0.39, 0.29) is 12.8 Å². The highest BCUT2D eigenvalue weighted by Crippen LogP contribution is 2.42. The number of benzene rings is 2. The normalized spacial score (nSPS) is 18.0. The smallest absolute Gasteiger partial charge is 0.231 e. The highest BCUT2D eigenvalue weighted by Gasteiger charge is 2.30. The van der Waals surface area contributed by atoms with E-state index in [4.69, 9.17) is 18.9 Å². The number of rotatable bonds is 4. The predicted octanol–water partition coefficient (Wildman–Crippen LogP) is 2.79. The number of fused-ring (bicyclic) bond motifs is 2. The average Bonchev–Trinajstić information content (AvgIpc) is 3.07. The lowest BCUT2D eigenvalue weighted by Crippen LogP contribution is -2.87. The van der Waals surface area contributed by atoms with E-state index in [9.17, 15) is 0 Å². The molecule has 0 saturated heterocycles. The van der Waals surface area contributed by atoms with Gasteiger partial charge in [-0.25, -0.2) is 0 Å². The van der Waals surface area contributed by atoms with Crippen LogP contribution in [0.1, 0.15) is 29.7 Å². The molecule has 0 aliphatic carbocycles. The maximum atomic E-state index is 5.74. The minimum atomic E-state index is 0.178. The van der Waals surface area contributed by atoms with Crippen molar-refractivity contribution in [2.24, 2.45) is 0 Å². The summed E-state index contributed by atoms with van der Waals surface area (Å²) in [7, 11) is 1.68. The molecule has 132 valence electrons. The van der Waals surface area contributed by atoms with Crippen LogP contribution in [0.25, 0.3) is 0 Å². The molecule has 0 aromatic heterocycles. The van der Waals surface area contributed by atoms with E-state index in [2.05, 4.69) is 39.4 Å². The molecular weight excluding hydrogens is 386 g/mol. The van der Waals surface area contributed by atoms with E-state index in [1.807, 2.05) is 13.0 Å². The molecule has 2 aliphatic rings. The van der Waals surface area contributed by atoms with Crippen LogP contribution >= 0.6 is 15.9 Å². The first kappa shape index (κ1) is 16.5. The van der Waals surface area contributed by atoms with Gasteiger partial charge < -0.3 is 24.3 Å². The van der Waals surface area contributed by atoms with Crippen LogP contribution in [0.3, 0.4) is 0 Å². The number of nitrogens with two attached hydrogens (primary N) is 1. The molecule has 4 rings (SSSR count). The third-order valence-electron chi connectivity index (χ3n) is 4.70. The second kappa shape index (κ2) is 6.77. The van der Waals surface area contributed by atoms with Gasteiger partial charge in [-0.15, -0.1) is 0 Å². The van der Waals surface area contributed by atoms with Crippen LogP contribution in [0, 0.1) is 0 Å². The fourth-order valence-corrected chi connectivity index (χ4v) is 4.12. The van der Waals surface area contributed by atoms with Crippen LogP contribution in [0.15, 0.2) is 28.7 Å². The van der Waals surface area contributed by atoms with Gasteiger partial charge in [0.05, 0.1) is 20.3 Å². The van der Waals surface area contributed by atoms with Crippen molar-refractivity contribution in [3.8, 4) is 23.0 Å². The summed E-state index contributed by atoms with van der Waals surface area (Å²) >= 11 is 3.70. The van der Waals surface area contributed by atoms with Crippen molar-refractivity contribution in [1.82, 2.24) is 0 Å². The van der Waals surface area contributed by atoms with Crippen molar-refractivity contribution in [2.75, 3.05) is 27.1 Å². The van der Waals surface area contributed by atoms with E-state index in [1.165, 1.54) is 16.7 Å². The highest BCUT2D eigenvalue weighted by molar-refractivity contribution is 9.10. The molecular formula is C19H21BrNO4+. The molecule has 0 bridgehead atoms. The summed E-state index contributed by atoms with van der Waals surface area (Å²) in [6.07, 6.45) is 1.01. The second-order valence-corrected chi connectivity index (χ2v) is 6.97. The Morgan fingerprint density at radius 1 is 1.12 bits per heavy atom. The number of methoxy groups -OCH3 is 1. The van der Waals surface area contributed by atoms with Crippen LogP contribution in [0.4, 0.5) is 0 Å². The fourth-order valence-electron chi connectivity index (χ4n) is 3.55. The Bertz CT molecular complexity index is 808. The van der Waals surface area contributed by atoms with E-state index in [1.54, 1.807) is 7.11 Å². The topological polar surface area (TPSA) is 53.5 Å². The summed E-state index contributed by atoms with van der Waals surface area (Å²) in [6, 6.07) is 8.48. The molecule has 5 nitrogen and oxygen atoms in total. The van der Waals surface area contributed by atoms with Gasteiger partial charge in [-0.05, 0) is 36.8 Å². The van der Waals surface area contributed by atoms with Crippen molar-refractivity contribution >= 4 is 15.9 Å². The molecule has 2 aromatic rings. The number of ether oxygens (including phenoxy) is 4. The molecule has 2 aromatic carbocycles. The zero-order chi connectivity index (χ0) is 17.4. The van der Waals surface area contributed by atoms with Crippen molar-refractivity contribution in [2.45, 2.75) is 19.4 Å². The van der Waals surface area contributed by atoms with Gasteiger partial charge in [0.15, 0.2) is 23.0 Å². The molecule has 2 heterocycles. The van der Waals surface area contributed by atoms with Crippen LogP contribution < -0.4 is 24.3 Å². The number of hydrogen-bond donors (Lipinski definition) is 1. The Balaban J connectivity index is 1.79. The molecule has 0 spiro atoms. The maximum Gasteiger partial charge on any atom is 0.231 e. The zero-order valence-corrected chi connectivity index (χ0v) is 15.9. The SMILES string of the molecule is CCOc1cc2c(cc1OC)[C@H](c1cc3c(cc1Br)OCO3)[NH2+]CC2. The van der Waals surface area contributed by atoms with Crippen molar-refractivity contribution in [1.29, 1.82) is 0 Å². The molecule has 6 heteroatoms. The maximum absolute atomic E-state index is 5.74. The molecule has 0 fully saturated rings. The Morgan fingerprint density at radius 3 is 2.68 bits per heavy atom. The first-order valence-corrected chi connectivity index (χ1v) is 9.26. The predicted molar refractivity (Wildman–Crippen MR) is 96.8 cm³/mol. The largest absolute Gasteiger partial charge is 0.493 e. The van der Waals surface area contributed by atoms with Crippen molar-refractivity contribution in [3.63, 3.8) is 0 Å². The molecule has 2 N–H and O–H groups in total. The van der Waals surface area contributed by atoms with Gasteiger partial charge in [-0.1, -0.05) is 15.9 Å². The summed E-state index contributed by atoms with van der Waals surface area (Å²) in [5, 5.41) is 2.35. The van der Waals surface area contributed by atoms with Gasteiger partial charge in [0, 0.05) is 22.0 Å². The Morgan fingerprint density at radius 2 is 1.92 bits per heavy atom. The number of hydrogen-bond acceptors (Lipinski definition) is 4. The Hall–Kier alpha value is -1.92. The lowest BCUT2D eigenvalue weighted by molar-refractivity contribution is -0.690. The quantitative estimate of drug-likeness (QED) is 0.847. The van der Waals surface area contributed by atoms with Crippen LogP contribution in [0.5, 0.6) is 23.0 Å². The third-order valence-corrected chi connectivity index (χ3v) is 5.39. The van der Waals surface area contributed by atoms with Gasteiger partial charge in [-0.2, -0.15) is 0 Å². The minimum Gasteiger partial charge on any atom is -0.493 e. The van der Waals surface area contributed by atoms with Gasteiger partial charge in [0.1, 0.15) is 6.04 Å². The van der Waals surface area contributed by atoms with Crippen LogP contribution in [-0.2, 0) is 6.42 Å². The lowest BCUT2D eigenvalue weighted by Gasteiger charge is -2.26. The summed E-state index contributed by atoms with van der Waals surface area (Å²) < 4.78 is 23.4. The second-order valence-electron chi connectivity index (χ2n) is 6.11. The van der Waals surface area contributed by atoms with Gasteiger partial charge >= 0.3 is 0 Å². The fraction of sp³-hybridized carbons (Fsp3) is 0.368. The monoisotopic (exact) mass is 406 g/mol. The molecule has 25 heavy (non-hydrogen) atoms. The average molecular weight is 407 g/mol. The molecule has 2 aliphatic heterocycles. The first-order valence-electron chi connectivity index (χ1n) is 8.47. The first-order chi connectivity index (χ1) is 12.2. The summed E-state index contributed by atoms with van der Waals surface area (Å²) in [6.45, 7) is 3.91. The number of quaternary nitrogens is 1. The number of halogens is 1. The van der Waals surface area contributed by atoms with Crippen molar-refractivity contribution in [3.05, 3.63) is 45.4 Å². The molecule has 0 radical (unpaired) electrons. The molecule has 0 saturated carbocycles. The van der Waals surface area contributed by atoms with Gasteiger partial charge in [0.2, 0.25) is 6.79 Å². The molecule has 0 unspecified atom stereocenters.